The van der Waals surface area contributed by atoms with Crippen LogP contribution < -0.4 is 15.0 Å². The Bertz CT molecular complexity index is 1170. The number of aromatic nitrogens is 2. The second-order valence-corrected chi connectivity index (χ2v) is 9.52. The summed E-state index contributed by atoms with van der Waals surface area (Å²) in [5.41, 5.74) is 5.56. The van der Waals surface area contributed by atoms with Gasteiger partial charge in [0.05, 0.1) is 33.3 Å². The fourth-order valence-corrected chi connectivity index (χ4v) is 5.18. The Morgan fingerprint density at radius 1 is 1.21 bits per heavy atom. The van der Waals surface area contributed by atoms with Gasteiger partial charge >= 0.3 is 0 Å². The van der Waals surface area contributed by atoms with Gasteiger partial charge in [-0.3, -0.25) is 14.6 Å². The zero-order valence-corrected chi connectivity index (χ0v) is 19.6. The van der Waals surface area contributed by atoms with Crippen LogP contribution in [0.25, 0.3) is 21.5 Å². The van der Waals surface area contributed by atoms with Crippen molar-refractivity contribution in [1.29, 1.82) is 0 Å². The molecule has 2 fully saturated rings. The van der Waals surface area contributed by atoms with Gasteiger partial charge in [-0.1, -0.05) is 0 Å². The molecule has 0 saturated carbocycles. The summed E-state index contributed by atoms with van der Waals surface area (Å²) >= 11 is 1.55. The predicted octanol–water partition coefficient (Wildman–Crippen LogP) is 2.93. The molecular formula is C24H27N5O3S. The summed E-state index contributed by atoms with van der Waals surface area (Å²) in [6, 6.07) is 8.16. The maximum absolute atomic E-state index is 11.6. The van der Waals surface area contributed by atoms with Crippen molar-refractivity contribution < 1.29 is 14.3 Å². The number of carbonyl (C=O) groups excluding carboxylic acids is 2. The Morgan fingerprint density at radius 3 is 2.70 bits per heavy atom. The number of anilines is 1. The number of thiazole rings is 1. The van der Waals surface area contributed by atoms with E-state index < -0.39 is 0 Å². The summed E-state index contributed by atoms with van der Waals surface area (Å²) in [4.78, 5) is 36.5. The number of carbonyl (C=O) groups is 2. The van der Waals surface area contributed by atoms with Gasteiger partial charge in [0, 0.05) is 57.5 Å². The monoisotopic (exact) mass is 465 g/mol. The van der Waals surface area contributed by atoms with E-state index in [-0.39, 0.29) is 23.8 Å². The van der Waals surface area contributed by atoms with E-state index in [0.29, 0.717) is 13.0 Å². The molecule has 2 amide bonds. The Hall–Kier alpha value is -3.20. The minimum atomic E-state index is -0.0893. The second kappa shape index (κ2) is 8.97. The number of nitrogens with one attached hydrogen (secondary N) is 1. The van der Waals surface area contributed by atoms with E-state index in [2.05, 4.69) is 21.3 Å². The van der Waals surface area contributed by atoms with Crippen LogP contribution in [0.3, 0.4) is 0 Å². The van der Waals surface area contributed by atoms with Gasteiger partial charge < -0.3 is 19.9 Å². The van der Waals surface area contributed by atoms with Crippen LogP contribution in [0.2, 0.25) is 0 Å². The number of fused-ring (bicyclic) bond motifs is 1. The third kappa shape index (κ3) is 4.50. The summed E-state index contributed by atoms with van der Waals surface area (Å²) in [5, 5.41) is 2.88. The molecule has 0 radical (unpaired) electrons. The molecule has 0 aliphatic carbocycles. The van der Waals surface area contributed by atoms with Crippen LogP contribution in [0.1, 0.15) is 20.3 Å². The lowest BCUT2D eigenvalue weighted by Gasteiger charge is -2.35. The maximum atomic E-state index is 11.6. The summed E-state index contributed by atoms with van der Waals surface area (Å²) < 4.78 is 7.34. The van der Waals surface area contributed by atoms with Crippen LogP contribution in [-0.4, -0.2) is 65.5 Å². The third-order valence-corrected chi connectivity index (χ3v) is 7.37. The van der Waals surface area contributed by atoms with Crippen molar-refractivity contribution in [2.75, 3.05) is 37.6 Å². The van der Waals surface area contributed by atoms with Crippen LogP contribution in [0.4, 0.5) is 5.69 Å². The van der Waals surface area contributed by atoms with Crippen molar-refractivity contribution in [3.63, 3.8) is 0 Å². The van der Waals surface area contributed by atoms with Crippen molar-refractivity contribution in [2.45, 2.75) is 26.4 Å². The Balaban J connectivity index is 1.35. The first-order valence-electron chi connectivity index (χ1n) is 11.3. The van der Waals surface area contributed by atoms with Gasteiger partial charge in [0.2, 0.25) is 11.8 Å². The molecule has 5 rings (SSSR count). The predicted molar refractivity (Wildman–Crippen MR) is 129 cm³/mol. The minimum Gasteiger partial charge on any atom is -0.489 e. The zero-order valence-electron chi connectivity index (χ0n) is 18.8. The zero-order chi connectivity index (χ0) is 22.9. The first kappa shape index (κ1) is 21.6. The van der Waals surface area contributed by atoms with Crippen molar-refractivity contribution >= 4 is 39.1 Å². The molecule has 0 bridgehead atoms. The first-order valence-corrected chi connectivity index (χ1v) is 12.1. The molecule has 2 aromatic heterocycles. The number of hydrogen-bond acceptors (Lipinski definition) is 7. The molecule has 2 saturated heterocycles. The third-order valence-electron chi connectivity index (χ3n) is 6.52. The van der Waals surface area contributed by atoms with Gasteiger partial charge in [-0.25, -0.2) is 4.98 Å². The topological polar surface area (TPSA) is 87.7 Å². The first-order chi connectivity index (χ1) is 16.0. The van der Waals surface area contributed by atoms with Crippen LogP contribution in [-0.2, 0) is 9.59 Å². The molecular weight excluding hydrogens is 438 g/mol. The number of piperazine rings is 1. The van der Waals surface area contributed by atoms with Gasteiger partial charge in [0.25, 0.3) is 0 Å². The summed E-state index contributed by atoms with van der Waals surface area (Å²) in [7, 11) is 0. The average Bonchev–Trinajstić information content (AvgIpc) is 3.48. The molecule has 0 spiro atoms. The van der Waals surface area contributed by atoms with E-state index in [1.54, 1.807) is 18.3 Å². The summed E-state index contributed by atoms with van der Waals surface area (Å²) in [5.74, 6) is 1.15. The maximum Gasteiger partial charge on any atom is 0.220 e. The van der Waals surface area contributed by atoms with E-state index in [1.807, 2.05) is 41.7 Å². The molecule has 33 heavy (non-hydrogen) atoms. The largest absolute Gasteiger partial charge is 0.489 e. The summed E-state index contributed by atoms with van der Waals surface area (Å²) in [6.07, 6.45) is 2.30. The lowest BCUT2D eigenvalue weighted by Crippen LogP contribution is -2.48. The SMILES string of the molecule is CC(=O)N1CCN(c2ccc(-c3cc(O[C@@H](C)[C@@H]4CNC(=O)C4)c4scnc4c3)nc2)CC1. The molecule has 1 aromatic carbocycles. The normalized spacial score (nSPS) is 19.6. The number of hydrogen-bond donors (Lipinski definition) is 1. The molecule has 0 unspecified atom stereocenters. The fourth-order valence-electron chi connectivity index (χ4n) is 4.45. The molecule has 3 aromatic rings. The van der Waals surface area contributed by atoms with Gasteiger partial charge in [-0.15, -0.1) is 11.3 Å². The molecule has 9 heteroatoms. The highest BCUT2D eigenvalue weighted by Crippen LogP contribution is 2.36. The highest BCUT2D eigenvalue weighted by molar-refractivity contribution is 7.17. The highest BCUT2D eigenvalue weighted by atomic mass is 32.1. The van der Waals surface area contributed by atoms with E-state index in [9.17, 15) is 9.59 Å². The van der Waals surface area contributed by atoms with Crippen molar-refractivity contribution in [1.82, 2.24) is 20.2 Å². The molecule has 2 atom stereocenters. The highest BCUT2D eigenvalue weighted by Gasteiger charge is 2.28. The second-order valence-electron chi connectivity index (χ2n) is 8.66. The smallest absolute Gasteiger partial charge is 0.220 e. The van der Waals surface area contributed by atoms with Crippen LogP contribution in [0, 0.1) is 5.92 Å². The molecule has 2 aliphatic heterocycles. The Labute approximate surface area is 196 Å². The van der Waals surface area contributed by atoms with Crippen molar-refractivity contribution in [2.24, 2.45) is 5.92 Å². The molecule has 4 heterocycles. The van der Waals surface area contributed by atoms with Crippen LogP contribution in [0.5, 0.6) is 5.75 Å². The molecule has 8 nitrogen and oxygen atoms in total. The Morgan fingerprint density at radius 2 is 2.03 bits per heavy atom. The molecule has 2 aliphatic rings. The lowest BCUT2D eigenvalue weighted by atomic mass is 10.0. The van der Waals surface area contributed by atoms with Crippen molar-refractivity contribution in [3.05, 3.63) is 36.0 Å². The van der Waals surface area contributed by atoms with Crippen LogP contribution >= 0.6 is 11.3 Å². The fraction of sp³-hybridized carbons (Fsp3) is 0.417. The van der Waals surface area contributed by atoms with E-state index >= 15 is 0 Å². The number of benzene rings is 1. The standard InChI is InChI=1S/C24H27N5O3S/c1-15(18-11-23(31)26-12-18)32-22-10-17(9-21-24(22)33-14-27-21)20-4-3-19(13-25-20)29-7-5-28(6-8-29)16(2)30/h3-4,9-10,13-15,18H,5-8,11-12H2,1-2H3,(H,26,31)/t15-,18-/m0/s1. The molecule has 1 N–H and O–H groups in total. The van der Waals surface area contributed by atoms with Gasteiger partial charge in [0.15, 0.2) is 0 Å². The number of nitrogens with zero attached hydrogens (tertiary/aromatic N) is 4. The molecule has 172 valence electrons. The number of amides is 2. The van der Waals surface area contributed by atoms with E-state index in [1.165, 1.54) is 0 Å². The van der Waals surface area contributed by atoms with Gasteiger partial charge in [-0.05, 0) is 31.2 Å². The quantitative estimate of drug-likeness (QED) is 0.623. The lowest BCUT2D eigenvalue weighted by molar-refractivity contribution is -0.129. The minimum absolute atomic E-state index is 0.0825. The van der Waals surface area contributed by atoms with E-state index in [0.717, 1.165) is 59.1 Å². The number of ether oxygens (including phenoxy) is 1. The van der Waals surface area contributed by atoms with E-state index in [4.69, 9.17) is 9.72 Å². The average molecular weight is 466 g/mol. The van der Waals surface area contributed by atoms with Crippen LogP contribution in [0.15, 0.2) is 36.0 Å². The van der Waals surface area contributed by atoms with Gasteiger partial charge in [0.1, 0.15) is 11.9 Å². The number of pyridine rings is 1. The Kier molecular flexibility index (Phi) is 5.88. The van der Waals surface area contributed by atoms with Crippen molar-refractivity contribution in [3.8, 4) is 17.0 Å². The number of rotatable bonds is 5. The van der Waals surface area contributed by atoms with Gasteiger partial charge in [-0.2, -0.15) is 0 Å². The summed E-state index contributed by atoms with van der Waals surface area (Å²) in [6.45, 7) is 7.36.